The van der Waals surface area contributed by atoms with Gasteiger partial charge in [-0.2, -0.15) is 0 Å². The summed E-state index contributed by atoms with van der Waals surface area (Å²) in [5, 5.41) is 11.7. The Morgan fingerprint density at radius 3 is 2.74 bits per heavy atom. The normalized spacial score (nSPS) is 25.1. The van der Waals surface area contributed by atoms with Crippen molar-refractivity contribution in [3.05, 3.63) is 46.3 Å². The number of nitrogens with zero attached hydrogens (tertiary/aromatic N) is 2. The number of likely N-dealkylation sites (N-methyl/N-ethyl adjacent to an activating group) is 1. The molecule has 1 saturated carbocycles. The van der Waals surface area contributed by atoms with E-state index in [1.165, 1.54) is 10.8 Å². The number of rotatable bonds is 4. The quantitative estimate of drug-likeness (QED) is 0.571. The number of pyridine rings is 1. The number of halogens is 2. The first kappa shape index (κ1) is 20.0. The van der Waals surface area contributed by atoms with Gasteiger partial charge in [-0.15, -0.1) is 0 Å². The van der Waals surface area contributed by atoms with Gasteiger partial charge in [-0.25, -0.2) is 13.6 Å². The van der Waals surface area contributed by atoms with Crippen molar-refractivity contribution in [1.82, 2.24) is 9.88 Å². The fourth-order valence-corrected chi connectivity index (χ4v) is 5.07. The summed E-state index contributed by atoms with van der Waals surface area (Å²) < 4.78 is 37.0. The molecular weight excluding hydrogens is 408 g/mol. The Labute approximate surface area is 176 Å². The lowest BCUT2D eigenvalue weighted by Crippen LogP contribution is -2.38. The molecular formula is C22H23F2N3O4. The predicted octanol–water partition coefficient (Wildman–Crippen LogP) is 3.27. The highest BCUT2D eigenvalue weighted by molar-refractivity contribution is 5.86. The lowest BCUT2D eigenvalue weighted by molar-refractivity contribution is 0.143. The summed E-state index contributed by atoms with van der Waals surface area (Å²) >= 11 is 0. The van der Waals surface area contributed by atoms with E-state index in [1.807, 2.05) is 11.9 Å². The van der Waals surface area contributed by atoms with Gasteiger partial charge in [0.15, 0.2) is 11.6 Å². The number of carbonyl (C=O) groups is 1. The first-order valence-electron chi connectivity index (χ1n) is 10.5. The van der Waals surface area contributed by atoms with Crippen molar-refractivity contribution < 1.29 is 23.4 Å². The van der Waals surface area contributed by atoms with Crippen LogP contribution in [0.15, 0.2) is 29.2 Å². The highest BCUT2D eigenvalue weighted by Crippen LogP contribution is 2.42. The van der Waals surface area contributed by atoms with E-state index in [2.05, 4.69) is 22.2 Å². The molecule has 2 aromatic rings. The van der Waals surface area contributed by atoms with Crippen LogP contribution in [0, 0.1) is 23.5 Å². The molecule has 3 aliphatic rings. The first-order valence-corrected chi connectivity index (χ1v) is 10.5. The van der Waals surface area contributed by atoms with Crippen molar-refractivity contribution in [2.75, 3.05) is 25.0 Å². The average molecular weight is 431 g/mol. The van der Waals surface area contributed by atoms with Crippen LogP contribution in [-0.4, -0.2) is 42.0 Å². The third-order valence-electron chi connectivity index (χ3n) is 6.68. The van der Waals surface area contributed by atoms with Crippen LogP contribution in [0.5, 0.6) is 5.75 Å². The fourth-order valence-electron chi connectivity index (χ4n) is 5.07. The van der Waals surface area contributed by atoms with Gasteiger partial charge in [0.1, 0.15) is 5.82 Å². The number of carboxylic acid groups (broad SMARTS) is 1. The van der Waals surface area contributed by atoms with Crippen LogP contribution >= 0.6 is 0 Å². The van der Waals surface area contributed by atoms with Gasteiger partial charge in [-0.05, 0) is 32.2 Å². The zero-order chi connectivity index (χ0) is 21.9. The molecule has 5 rings (SSSR count). The van der Waals surface area contributed by atoms with Crippen LogP contribution < -0.4 is 20.4 Å². The van der Waals surface area contributed by atoms with E-state index < -0.39 is 34.4 Å². The molecule has 7 nitrogen and oxygen atoms in total. The van der Waals surface area contributed by atoms with Crippen molar-refractivity contribution in [3.8, 4) is 5.75 Å². The molecule has 0 bridgehead atoms. The monoisotopic (exact) mass is 431 g/mol. The first-order chi connectivity index (χ1) is 14.9. The number of anilines is 1. The van der Waals surface area contributed by atoms with Gasteiger partial charge in [0.25, 0.3) is 0 Å². The van der Waals surface area contributed by atoms with E-state index in [0.29, 0.717) is 19.0 Å². The summed E-state index contributed by atoms with van der Waals surface area (Å²) in [4.78, 5) is 25.5. The van der Waals surface area contributed by atoms with Crippen molar-refractivity contribution >= 4 is 22.7 Å². The standard InChI is InChI=1S/C22H23F2N3O4/c1-25-15-4-2-3-11-8-26(9-13(11)15)16-7-14(23)18-20(19(16)24)27(12-5-6-12)10-17(21(18)28)31-22(29)30/h2,4,7,10-13,15,25H,3,5-6,8-9H2,1H3,(H,29,30). The van der Waals surface area contributed by atoms with Crippen molar-refractivity contribution in [1.29, 1.82) is 0 Å². The maximum Gasteiger partial charge on any atom is 0.511 e. The van der Waals surface area contributed by atoms with Crippen LogP contribution in [0.25, 0.3) is 10.9 Å². The third kappa shape index (κ3) is 3.27. The van der Waals surface area contributed by atoms with Gasteiger partial charge in [0.2, 0.25) is 5.43 Å². The highest BCUT2D eigenvalue weighted by Gasteiger charge is 2.39. The van der Waals surface area contributed by atoms with E-state index in [4.69, 9.17) is 5.11 Å². The Kier molecular flexibility index (Phi) is 4.73. The summed E-state index contributed by atoms with van der Waals surface area (Å²) in [6, 6.07) is 1.11. The van der Waals surface area contributed by atoms with Crippen molar-refractivity contribution in [2.45, 2.75) is 31.3 Å². The molecule has 1 aromatic carbocycles. The van der Waals surface area contributed by atoms with E-state index >= 15 is 8.78 Å². The Hall–Kier alpha value is -2.94. The molecule has 0 amide bonds. The second-order valence-corrected chi connectivity index (χ2v) is 8.55. The molecule has 2 aliphatic carbocycles. The number of ether oxygens (including phenoxy) is 1. The summed E-state index contributed by atoms with van der Waals surface area (Å²) in [6.45, 7) is 1.18. The summed E-state index contributed by atoms with van der Waals surface area (Å²) in [7, 11) is 1.89. The Morgan fingerprint density at radius 1 is 1.29 bits per heavy atom. The molecule has 3 unspecified atom stereocenters. The van der Waals surface area contributed by atoms with Gasteiger partial charge < -0.3 is 24.6 Å². The van der Waals surface area contributed by atoms with Crippen LogP contribution in [0.3, 0.4) is 0 Å². The zero-order valence-electron chi connectivity index (χ0n) is 17.0. The second-order valence-electron chi connectivity index (χ2n) is 8.55. The Balaban J connectivity index is 1.64. The van der Waals surface area contributed by atoms with E-state index in [-0.39, 0.29) is 29.2 Å². The molecule has 1 aromatic heterocycles. The SMILES string of the molecule is CNC1C=CCC2CN(c3cc(F)c4c(=O)c(OC(=O)O)cn(C5CC5)c4c3F)CC21. The smallest absolute Gasteiger partial charge is 0.449 e. The van der Waals surface area contributed by atoms with Gasteiger partial charge >= 0.3 is 6.16 Å². The lowest BCUT2D eigenvalue weighted by atomic mass is 9.82. The molecule has 2 fully saturated rings. The van der Waals surface area contributed by atoms with E-state index in [1.54, 1.807) is 0 Å². The van der Waals surface area contributed by atoms with Gasteiger partial charge in [-0.1, -0.05) is 12.2 Å². The van der Waals surface area contributed by atoms with E-state index in [0.717, 1.165) is 25.3 Å². The topological polar surface area (TPSA) is 83.8 Å². The number of fused-ring (bicyclic) bond motifs is 2. The number of hydrogen-bond acceptors (Lipinski definition) is 5. The van der Waals surface area contributed by atoms with Crippen LogP contribution in [0.4, 0.5) is 19.3 Å². The van der Waals surface area contributed by atoms with Crippen LogP contribution in [0.1, 0.15) is 25.3 Å². The zero-order valence-corrected chi connectivity index (χ0v) is 17.0. The summed E-state index contributed by atoms with van der Waals surface area (Å²) in [5.74, 6) is -1.44. The minimum absolute atomic E-state index is 0.123. The molecule has 1 saturated heterocycles. The molecule has 164 valence electrons. The molecule has 0 radical (unpaired) electrons. The largest absolute Gasteiger partial charge is 0.511 e. The van der Waals surface area contributed by atoms with Gasteiger partial charge in [0.05, 0.1) is 22.8 Å². The molecule has 3 atom stereocenters. The molecule has 2 heterocycles. The predicted molar refractivity (Wildman–Crippen MR) is 111 cm³/mol. The maximum atomic E-state index is 15.8. The lowest BCUT2D eigenvalue weighted by Gasteiger charge is -2.28. The highest BCUT2D eigenvalue weighted by atomic mass is 19.1. The van der Waals surface area contributed by atoms with E-state index in [9.17, 15) is 9.59 Å². The summed E-state index contributed by atoms with van der Waals surface area (Å²) in [5.41, 5.74) is -0.958. The number of allylic oxidation sites excluding steroid dienone is 1. The molecule has 0 spiro atoms. The van der Waals surface area contributed by atoms with Crippen LogP contribution in [-0.2, 0) is 0 Å². The minimum atomic E-state index is -1.68. The van der Waals surface area contributed by atoms with Gasteiger partial charge in [-0.3, -0.25) is 4.79 Å². The summed E-state index contributed by atoms with van der Waals surface area (Å²) in [6.07, 6.45) is 6.11. The molecule has 9 heteroatoms. The Bertz CT molecular complexity index is 1160. The van der Waals surface area contributed by atoms with Crippen molar-refractivity contribution in [3.63, 3.8) is 0 Å². The molecule has 2 N–H and O–H groups in total. The number of nitrogens with one attached hydrogen (secondary N) is 1. The van der Waals surface area contributed by atoms with Gasteiger partial charge in [0, 0.05) is 37.2 Å². The maximum absolute atomic E-state index is 15.8. The number of benzene rings is 1. The second kappa shape index (κ2) is 7.33. The molecule has 1 aliphatic heterocycles. The number of aromatic nitrogens is 1. The fraction of sp³-hybridized carbons (Fsp3) is 0.455. The molecule has 31 heavy (non-hydrogen) atoms. The number of hydrogen-bond donors (Lipinski definition) is 2. The van der Waals surface area contributed by atoms with Crippen LogP contribution in [0.2, 0.25) is 0 Å². The third-order valence-corrected chi connectivity index (χ3v) is 6.68. The minimum Gasteiger partial charge on any atom is -0.449 e. The van der Waals surface area contributed by atoms with Crippen molar-refractivity contribution in [2.24, 2.45) is 11.8 Å². The average Bonchev–Trinajstić information content (AvgIpc) is 3.49. The Morgan fingerprint density at radius 2 is 2.06 bits per heavy atom.